The number of nitrogens with zero attached hydrogens (tertiary/aromatic N) is 3. The molecule has 0 bridgehead atoms. The highest BCUT2D eigenvalue weighted by Gasteiger charge is 2.47. The number of rotatable bonds is 4. The summed E-state index contributed by atoms with van der Waals surface area (Å²) < 4.78 is 0. The fraction of sp³-hybridized carbons (Fsp3) is 0.455. The van der Waals surface area contributed by atoms with Crippen LogP contribution in [0.5, 0.6) is 0 Å². The number of nitrogens with one attached hydrogen (secondary N) is 1. The van der Waals surface area contributed by atoms with Gasteiger partial charge in [0.1, 0.15) is 17.4 Å². The van der Waals surface area contributed by atoms with Crippen molar-refractivity contribution in [2.75, 3.05) is 5.32 Å². The van der Waals surface area contributed by atoms with E-state index in [2.05, 4.69) is 15.3 Å². The molecule has 88 valence electrons. The van der Waals surface area contributed by atoms with E-state index >= 15 is 0 Å². The Hall–Kier alpha value is -2.16. The summed E-state index contributed by atoms with van der Waals surface area (Å²) in [5.41, 5.74) is -0.804. The Morgan fingerprint density at radius 1 is 1.59 bits per heavy atom. The molecule has 1 atom stereocenters. The number of anilines is 1. The molecule has 1 heterocycles. The minimum atomic E-state index is -1.01. The van der Waals surface area contributed by atoms with Gasteiger partial charge in [0.25, 0.3) is 0 Å². The Morgan fingerprint density at radius 3 is 2.71 bits per heavy atom. The molecule has 1 fully saturated rings. The Kier molecular flexibility index (Phi) is 2.68. The third-order valence-electron chi connectivity index (χ3n) is 2.99. The number of hydrogen-bond acceptors (Lipinski definition) is 5. The second-order valence-corrected chi connectivity index (χ2v) is 4.31. The lowest BCUT2D eigenvalue weighted by Crippen LogP contribution is -2.45. The van der Waals surface area contributed by atoms with E-state index in [1.54, 1.807) is 6.92 Å². The third-order valence-corrected chi connectivity index (χ3v) is 2.99. The molecule has 0 spiro atoms. The van der Waals surface area contributed by atoms with Crippen LogP contribution in [0.4, 0.5) is 5.82 Å². The monoisotopic (exact) mass is 232 g/mol. The first-order valence-corrected chi connectivity index (χ1v) is 5.30. The summed E-state index contributed by atoms with van der Waals surface area (Å²) in [5.74, 6) is -0.399. The molecule has 1 aromatic rings. The molecule has 1 aromatic heterocycles. The fourth-order valence-corrected chi connectivity index (χ4v) is 1.71. The molecule has 2 N–H and O–H groups in total. The molecular weight excluding hydrogens is 220 g/mol. The van der Waals surface area contributed by atoms with Crippen LogP contribution in [0.2, 0.25) is 0 Å². The van der Waals surface area contributed by atoms with E-state index in [9.17, 15) is 9.90 Å². The first-order chi connectivity index (χ1) is 8.06. The molecule has 17 heavy (non-hydrogen) atoms. The first kappa shape index (κ1) is 11.3. The maximum absolute atomic E-state index is 11.3. The fourth-order valence-electron chi connectivity index (χ4n) is 1.71. The summed E-state index contributed by atoms with van der Waals surface area (Å²) in [6, 6.07) is 1.86. The largest absolute Gasteiger partial charge is 0.480 e. The van der Waals surface area contributed by atoms with Crippen LogP contribution in [0.15, 0.2) is 12.4 Å². The summed E-state index contributed by atoms with van der Waals surface area (Å²) in [4.78, 5) is 19.1. The highest BCUT2D eigenvalue weighted by molar-refractivity contribution is 5.82. The van der Waals surface area contributed by atoms with Gasteiger partial charge in [0, 0.05) is 0 Å². The number of nitriles is 1. The molecule has 0 aliphatic heterocycles. The van der Waals surface area contributed by atoms with Crippen LogP contribution in [0, 0.1) is 17.2 Å². The lowest BCUT2D eigenvalue weighted by molar-refractivity contribution is -0.142. The zero-order valence-corrected chi connectivity index (χ0v) is 9.34. The number of hydrogen-bond donors (Lipinski definition) is 2. The van der Waals surface area contributed by atoms with Crippen LogP contribution < -0.4 is 5.32 Å². The van der Waals surface area contributed by atoms with Crippen LogP contribution in [0.25, 0.3) is 0 Å². The number of aromatic nitrogens is 2. The van der Waals surface area contributed by atoms with E-state index in [4.69, 9.17) is 5.26 Å². The number of aliphatic carboxylic acids is 1. The standard InChI is InChI=1S/C11H12N4O2/c1-11(10(16)17,7-2-3-7)15-9-6-13-8(4-12)5-14-9/h5-7H,2-3H2,1H3,(H,14,15)(H,16,17). The molecule has 2 rings (SSSR count). The maximum atomic E-state index is 11.3. The second-order valence-electron chi connectivity index (χ2n) is 4.31. The normalized spacial score (nSPS) is 17.9. The van der Waals surface area contributed by atoms with Gasteiger partial charge in [-0.3, -0.25) is 0 Å². The van der Waals surface area contributed by atoms with Gasteiger partial charge in [-0.1, -0.05) is 0 Å². The molecule has 1 aliphatic rings. The highest BCUT2D eigenvalue weighted by atomic mass is 16.4. The molecule has 0 amide bonds. The Bertz CT molecular complexity index is 475. The average Bonchev–Trinajstić information content (AvgIpc) is 3.13. The summed E-state index contributed by atoms with van der Waals surface area (Å²) in [5, 5.41) is 20.7. The van der Waals surface area contributed by atoms with Crippen molar-refractivity contribution < 1.29 is 9.90 Å². The first-order valence-electron chi connectivity index (χ1n) is 5.30. The van der Waals surface area contributed by atoms with Crippen molar-refractivity contribution in [3.8, 4) is 6.07 Å². The van der Waals surface area contributed by atoms with Crippen molar-refractivity contribution in [3.63, 3.8) is 0 Å². The Balaban J connectivity index is 2.18. The van der Waals surface area contributed by atoms with Crippen LogP contribution in [-0.2, 0) is 4.79 Å². The third kappa shape index (κ3) is 2.18. The van der Waals surface area contributed by atoms with E-state index in [0.717, 1.165) is 12.8 Å². The van der Waals surface area contributed by atoms with E-state index in [1.807, 2.05) is 6.07 Å². The van der Waals surface area contributed by atoms with Crippen molar-refractivity contribution in [1.82, 2.24) is 9.97 Å². The molecule has 0 radical (unpaired) electrons. The minimum absolute atomic E-state index is 0.123. The zero-order chi connectivity index (χ0) is 12.5. The quantitative estimate of drug-likeness (QED) is 0.803. The number of carboxylic acids is 1. The van der Waals surface area contributed by atoms with Crippen molar-refractivity contribution >= 4 is 11.8 Å². The maximum Gasteiger partial charge on any atom is 0.329 e. The van der Waals surface area contributed by atoms with Crippen LogP contribution in [-0.4, -0.2) is 26.6 Å². The highest BCUT2D eigenvalue weighted by Crippen LogP contribution is 2.41. The predicted octanol–water partition coefficient (Wildman–Crippen LogP) is 1.01. The van der Waals surface area contributed by atoms with E-state index < -0.39 is 11.5 Å². The number of carboxylic acid groups (broad SMARTS) is 1. The Labute approximate surface area is 98.3 Å². The van der Waals surface area contributed by atoms with Gasteiger partial charge in [-0.15, -0.1) is 0 Å². The molecule has 1 aliphatic carbocycles. The lowest BCUT2D eigenvalue weighted by Gasteiger charge is -2.26. The molecule has 1 saturated carbocycles. The topological polar surface area (TPSA) is 98.9 Å². The van der Waals surface area contributed by atoms with Crippen LogP contribution in [0.3, 0.4) is 0 Å². The van der Waals surface area contributed by atoms with Gasteiger partial charge in [-0.05, 0) is 25.7 Å². The van der Waals surface area contributed by atoms with Crippen molar-refractivity contribution in [1.29, 1.82) is 5.26 Å². The van der Waals surface area contributed by atoms with Crippen molar-refractivity contribution in [2.24, 2.45) is 5.92 Å². The Morgan fingerprint density at radius 2 is 2.29 bits per heavy atom. The summed E-state index contributed by atoms with van der Waals surface area (Å²) in [6.07, 6.45) is 4.50. The van der Waals surface area contributed by atoms with Gasteiger partial charge < -0.3 is 10.4 Å². The van der Waals surface area contributed by atoms with Gasteiger partial charge in [0.15, 0.2) is 5.69 Å². The van der Waals surface area contributed by atoms with Gasteiger partial charge in [0.2, 0.25) is 0 Å². The average molecular weight is 232 g/mol. The number of carbonyl (C=O) groups is 1. The van der Waals surface area contributed by atoms with Crippen molar-refractivity contribution in [3.05, 3.63) is 18.1 Å². The minimum Gasteiger partial charge on any atom is -0.480 e. The summed E-state index contributed by atoms with van der Waals surface area (Å²) in [7, 11) is 0. The van der Waals surface area contributed by atoms with Crippen LogP contribution >= 0.6 is 0 Å². The van der Waals surface area contributed by atoms with E-state index in [1.165, 1.54) is 12.4 Å². The van der Waals surface area contributed by atoms with E-state index in [0.29, 0.717) is 5.82 Å². The lowest BCUT2D eigenvalue weighted by atomic mass is 9.96. The SMILES string of the molecule is CC(Nc1cnc(C#N)cn1)(C(=O)O)C1CC1. The van der Waals surface area contributed by atoms with Crippen LogP contribution in [0.1, 0.15) is 25.5 Å². The molecule has 0 saturated heterocycles. The summed E-state index contributed by atoms with van der Waals surface area (Å²) >= 11 is 0. The molecule has 1 unspecified atom stereocenters. The summed E-state index contributed by atoms with van der Waals surface area (Å²) in [6.45, 7) is 1.65. The molecule has 6 nitrogen and oxygen atoms in total. The van der Waals surface area contributed by atoms with Gasteiger partial charge >= 0.3 is 5.97 Å². The zero-order valence-electron chi connectivity index (χ0n) is 9.34. The second kappa shape index (κ2) is 4.01. The predicted molar refractivity (Wildman–Crippen MR) is 59.1 cm³/mol. The van der Waals surface area contributed by atoms with Gasteiger partial charge in [-0.2, -0.15) is 5.26 Å². The van der Waals surface area contributed by atoms with Gasteiger partial charge in [-0.25, -0.2) is 14.8 Å². The van der Waals surface area contributed by atoms with Gasteiger partial charge in [0.05, 0.1) is 12.4 Å². The molecule has 0 aromatic carbocycles. The van der Waals surface area contributed by atoms with E-state index in [-0.39, 0.29) is 11.6 Å². The smallest absolute Gasteiger partial charge is 0.329 e. The van der Waals surface area contributed by atoms with Crippen molar-refractivity contribution in [2.45, 2.75) is 25.3 Å². The molecule has 6 heteroatoms. The molecular formula is C11H12N4O2.